The summed E-state index contributed by atoms with van der Waals surface area (Å²) >= 11 is 0. The highest BCUT2D eigenvalue weighted by atomic mass is 19.1. The van der Waals surface area contributed by atoms with Gasteiger partial charge in [-0.25, -0.2) is 9.97 Å². The van der Waals surface area contributed by atoms with Crippen molar-refractivity contribution in [3.05, 3.63) is 132 Å². The van der Waals surface area contributed by atoms with Gasteiger partial charge in [-0.15, -0.1) is 0 Å². The fourth-order valence-electron chi connectivity index (χ4n) is 4.11. The van der Waals surface area contributed by atoms with Crippen LogP contribution < -0.4 is 0 Å². The molecule has 0 amide bonds. The molecule has 0 spiro atoms. The van der Waals surface area contributed by atoms with E-state index in [2.05, 4.69) is 50.9 Å². The highest BCUT2D eigenvalue weighted by Crippen LogP contribution is 2.42. The normalized spacial score (nSPS) is 11.6. The fourth-order valence-corrected chi connectivity index (χ4v) is 4.11. The number of benzene rings is 3. The minimum absolute atomic E-state index is 0.525. The zero-order valence-electron chi connectivity index (χ0n) is 15.6. The second-order valence-corrected chi connectivity index (χ2v) is 6.90. The van der Waals surface area contributed by atoms with Crippen LogP contribution in [0.4, 0.5) is 4.39 Å². The Kier molecular flexibility index (Phi) is 4.17. The Balaban J connectivity index is 1.95. The summed E-state index contributed by atoms with van der Waals surface area (Å²) in [4.78, 5) is 8.45. The second-order valence-electron chi connectivity index (χ2n) is 6.90. The molecule has 3 aromatic carbocycles. The molecular formula is C25H18FN3. The number of aromatic nitrogens is 3. The molecule has 2 heterocycles. The number of hydrogen-bond acceptors (Lipinski definition) is 2. The topological polar surface area (TPSA) is 30.7 Å². The Labute approximate surface area is 168 Å². The lowest BCUT2D eigenvalue weighted by Crippen LogP contribution is -2.37. The summed E-state index contributed by atoms with van der Waals surface area (Å²) in [5, 5.41) is 0. The Morgan fingerprint density at radius 1 is 0.655 bits per heavy atom. The van der Waals surface area contributed by atoms with Crippen LogP contribution in [0.5, 0.6) is 0 Å². The van der Waals surface area contributed by atoms with E-state index in [4.69, 9.17) is 0 Å². The van der Waals surface area contributed by atoms with Gasteiger partial charge in [-0.3, -0.25) is 0 Å². The van der Waals surface area contributed by atoms with Crippen LogP contribution in [0.2, 0.25) is 0 Å². The third kappa shape index (κ3) is 2.72. The van der Waals surface area contributed by atoms with Gasteiger partial charge < -0.3 is 4.57 Å². The standard InChI is InChI=1S/C25H18FN3/c26-23-18-27-24-22(28-23)16-17-29(24)25(19-10-4-1-5-11-19,20-12-6-2-7-13-20)21-14-8-3-9-15-21/h1-18H. The number of rotatable bonds is 4. The lowest BCUT2D eigenvalue weighted by atomic mass is 9.76. The predicted octanol–water partition coefficient (Wildman–Crippen LogP) is 5.41. The van der Waals surface area contributed by atoms with Crippen LogP contribution in [0.3, 0.4) is 0 Å². The van der Waals surface area contributed by atoms with E-state index in [1.165, 1.54) is 6.20 Å². The van der Waals surface area contributed by atoms with Gasteiger partial charge in [0.1, 0.15) is 11.1 Å². The average molecular weight is 379 g/mol. The van der Waals surface area contributed by atoms with Gasteiger partial charge in [0, 0.05) is 6.20 Å². The average Bonchev–Trinajstić information content (AvgIpc) is 3.20. The van der Waals surface area contributed by atoms with Gasteiger partial charge in [0.15, 0.2) is 5.65 Å². The first-order valence-electron chi connectivity index (χ1n) is 9.47. The lowest BCUT2D eigenvalue weighted by molar-refractivity contribution is 0.527. The molecule has 0 fully saturated rings. The molecule has 0 aliphatic heterocycles. The highest BCUT2D eigenvalue weighted by molar-refractivity contribution is 5.73. The third-order valence-corrected chi connectivity index (χ3v) is 5.30. The van der Waals surface area contributed by atoms with Gasteiger partial charge in [0.25, 0.3) is 0 Å². The molecule has 4 heteroatoms. The van der Waals surface area contributed by atoms with Crippen LogP contribution in [0.15, 0.2) is 109 Å². The van der Waals surface area contributed by atoms with E-state index in [1.807, 2.05) is 66.9 Å². The first-order valence-corrected chi connectivity index (χ1v) is 9.47. The monoisotopic (exact) mass is 379 g/mol. The van der Waals surface area contributed by atoms with Crippen LogP contribution in [0, 0.1) is 5.95 Å². The molecule has 0 aliphatic rings. The molecule has 0 bridgehead atoms. The van der Waals surface area contributed by atoms with Crippen molar-refractivity contribution in [1.82, 2.24) is 14.5 Å². The van der Waals surface area contributed by atoms with E-state index < -0.39 is 11.5 Å². The summed E-state index contributed by atoms with van der Waals surface area (Å²) in [6.07, 6.45) is 3.11. The Bertz CT molecular complexity index is 1150. The molecule has 0 atom stereocenters. The zero-order chi connectivity index (χ0) is 19.7. The minimum Gasteiger partial charge on any atom is -0.313 e. The number of halogens is 1. The van der Waals surface area contributed by atoms with Crippen molar-refractivity contribution in [2.24, 2.45) is 0 Å². The maximum atomic E-state index is 13.7. The molecule has 0 aliphatic carbocycles. The largest absolute Gasteiger partial charge is 0.313 e. The minimum atomic E-state index is -0.683. The van der Waals surface area contributed by atoms with Crippen molar-refractivity contribution in [3.8, 4) is 0 Å². The SMILES string of the molecule is Fc1cnc2c(ccn2C(c2ccccc2)(c2ccccc2)c2ccccc2)n1. The maximum Gasteiger partial charge on any atom is 0.232 e. The molecule has 0 saturated carbocycles. The number of fused-ring (bicyclic) bond motifs is 1. The molecule has 0 saturated heterocycles. The van der Waals surface area contributed by atoms with Crippen LogP contribution in [-0.2, 0) is 5.54 Å². The molecular weight excluding hydrogens is 361 g/mol. The van der Waals surface area contributed by atoms with E-state index in [1.54, 1.807) is 0 Å². The van der Waals surface area contributed by atoms with E-state index >= 15 is 0 Å². The zero-order valence-corrected chi connectivity index (χ0v) is 15.6. The van der Waals surface area contributed by atoms with Gasteiger partial charge in [-0.2, -0.15) is 4.39 Å². The second kappa shape index (κ2) is 6.99. The summed E-state index contributed by atoms with van der Waals surface area (Å²) in [7, 11) is 0. The van der Waals surface area contributed by atoms with Crippen molar-refractivity contribution < 1.29 is 4.39 Å². The van der Waals surface area contributed by atoms with Gasteiger partial charge in [-0.05, 0) is 22.8 Å². The molecule has 29 heavy (non-hydrogen) atoms. The highest BCUT2D eigenvalue weighted by Gasteiger charge is 2.39. The van der Waals surface area contributed by atoms with Crippen molar-refractivity contribution in [1.29, 1.82) is 0 Å². The van der Waals surface area contributed by atoms with Crippen LogP contribution in [0.1, 0.15) is 16.7 Å². The van der Waals surface area contributed by atoms with Gasteiger partial charge in [0.2, 0.25) is 5.95 Å². The van der Waals surface area contributed by atoms with Crippen LogP contribution >= 0.6 is 0 Å². The predicted molar refractivity (Wildman–Crippen MR) is 112 cm³/mol. The molecule has 2 aromatic heterocycles. The third-order valence-electron chi connectivity index (χ3n) is 5.30. The summed E-state index contributed by atoms with van der Waals surface area (Å²) in [5.41, 5.74) is 3.72. The molecule has 140 valence electrons. The molecule has 0 unspecified atom stereocenters. The Hall–Kier alpha value is -3.79. The van der Waals surface area contributed by atoms with E-state index in [-0.39, 0.29) is 0 Å². The molecule has 5 aromatic rings. The van der Waals surface area contributed by atoms with E-state index in [0.717, 1.165) is 16.7 Å². The smallest absolute Gasteiger partial charge is 0.232 e. The summed E-state index contributed by atoms with van der Waals surface area (Å²) in [6.45, 7) is 0. The number of nitrogens with zero attached hydrogens (tertiary/aromatic N) is 3. The molecule has 3 nitrogen and oxygen atoms in total. The van der Waals surface area contributed by atoms with E-state index in [0.29, 0.717) is 11.2 Å². The summed E-state index contributed by atoms with van der Waals surface area (Å²) in [5.74, 6) is -0.583. The van der Waals surface area contributed by atoms with Crippen molar-refractivity contribution in [2.45, 2.75) is 5.54 Å². The van der Waals surface area contributed by atoms with Crippen molar-refractivity contribution in [3.63, 3.8) is 0 Å². The van der Waals surface area contributed by atoms with Crippen LogP contribution in [-0.4, -0.2) is 14.5 Å². The molecule has 0 N–H and O–H groups in total. The van der Waals surface area contributed by atoms with Gasteiger partial charge in [-0.1, -0.05) is 91.0 Å². The summed E-state index contributed by atoms with van der Waals surface area (Å²) < 4.78 is 15.8. The molecule has 5 rings (SSSR count). The molecule has 0 radical (unpaired) electrons. The van der Waals surface area contributed by atoms with Crippen molar-refractivity contribution >= 4 is 11.2 Å². The van der Waals surface area contributed by atoms with Crippen LogP contribution in [0.25, 0.3) is 11.2 Å². The lowest BCUT2D eigenvalue weighted by Gasteiger charge is -2.38. The Morgan fingerprint density at radius 3 is 1.62 bits per heavy atom. The quantitative estimate of drug-likeness (QED) is 0.391. The van der Waals surface area contributed by atoms with Gasteiger partial charge in [0.05, 0.1) is 6.20 Å². The maximum absolute atomic E-state index is 13.7. The fraction of sp³-hybridized carbons (Fsp3) is 0.0400. The first kappa shape index (κ1) is 17.3. The summed E-state index contributed by atoms with van der Waals surface area (Å²) in [6, 6.07) is 32.7. The Morgan fingerprint density at radius 2 is 1.14 bits per heavy atom. The van der Waals surface area contributed by atoms with Crippen molar-refractivity contribution in [2.75, 3.05) is 0 Å². The van der Waals surface area contributed by atoms with Gasteiger partial charge >= 0.3 is 0 Å². The van der Waals surface area contributed by atoms with E-state index in [9.17, 15) is 4.39 Å². The first-order chi connectivity index (χ1) is 14.3. The number of hydrogen-bond donors (Lipinski definition) is 0.